The summed E-state index contributed by atoms with van der Waals surface area (Å²) in [6.45, 7) is 0. The van der Waals surface area contributed by atoms with E-state index >= 15 is 0 Å². The number of halogens is 1. The van der Waals surface area contributed by atoms with Gasteiger partial charge in [-0.15, -0.1) is 4.68 Å². The van der Waals surface area contributed by atoms with Crippen LogP contribution in [-0.4, -0.2) is 19.6 Å². The summed E-state index contributed by atoms with van der Waals surface area (Å²) in [6.07, 6.45) is 1.30. The molecule has 92 valence electrons. The number of benzene rings is 1. The monoisotopic (exact) mass is 312 g/mol. The third-order valence-corrected chi connectivity index (χ3v) is 2.64. The van der Waals surface area contributed by atoms with Gasteiger partial charge in [-0.2, -0.15) is 0 Å². The maximum absolute atomic E-state index is 10.9. The van der Waals surface area contributed by atoms with Crippen molar-refractivity contribution < 1.29 is 9.85 Å². The second-order valence-electron chi connectivity index (χ2n) is 3.27. The zero-order chi connectivity index (χ0) is 13.3. The fraction of sp³-hybridized carbons (Fsp3) is 0. The van der Waals surface area contributed by atoms with E-state index in [-0.39, 0.29) is 17.2 Å². The van der Waals surface area contributed by atoms with Gasteiger partial charge in [0.1, 0.15) is 0 Å². The highest BCUT2D eigenvalue weighted by Crippen LogP contribution is 2.26. The van der Waals surface area contributed by atoms with Gasteiger partial charge < -0.3 is 10.1 Å². The maximum Gasteiger partial charge on any atom is 0.390 e. The predicted octanol–water partition coefficient (Wildman–Crippen LogP) is 2.45. The molecule has 0 aliphatic carbocycles. The van der Waals surface area contributed by atoms with Crippen LogP contribution in [0.25, 0.3) is 5.69 Å². The topological polar surface area (TPSA) is 104 Å². The molecule has 0 atom stereocenters. The predicted molar refractivity (Wildman–Crippen MR) is 64.6 cm³/mol. The lowest BCUT2D eigenvalue weighted by atomic mass is 10.3. The largest absolute Gasteiger partial charge is 0.390 e. The second-order valence-corrected chi connectivity index (χ2v) is 4.18. The maximum atomic E-state index is 10.9. The van der Waals surface area contributed by atoms with Crippen LogP contribution in [0.5, 0.6) is 0 Å². The molecule has 1 heterocycles. The lowest BCUT2D eigenvalue weighted by Crippen LogP contribution is -2.01. The Hall–Kier alpha value is -2.29. The van der Waals surface area contributed by atoms with E-state index in [4.69, 9.17) is 0 Å². The highest BCUT2D eigenvalue weighted by molar-refractivity contribution is 9.10. The average Bonchev–Trinajstić information content (AvgIpc) is 2.78. The number of nitro benzene ring substituents is 1. The van der Waals surface area contributed by atoms with Crippen molar-refractivity contribution in [2.75, 3.05) is 0 Å². The molecule has 0 saturated carbocycles. The Morgan fingerprint density at radius 3 is 2.44 bits per heavy atom. The summed E-state index contributed by atoms with van der Waals surface area (Å²) in [7, 11) is 0. The molecule has 18 heavy (non-hydrogen) atoms. The van der Waals surface area contributed by atoms with Gasteiger partial charge in [0.05, 0.1) is 22.3 Å². The molecule has 2 rings (SSSR count). The fourth-order valence-corrected chi connectivity index (χ4v) is 1.73. The van der Waals surface area contributed by atoms with Crippen LogP contribution in [0, 0.1) is 20.2 Å². The summed E-state index contributed by atoms with van der Waals surface area (Å²) in [5.74, 6) is -0.368. The van der Waals surface area contributed by atoms with Gasteiger partial charge >= 0.3 is 5.82 Å². The molecule has 0 radical (unpaired) electrons. The van der Waals surface area contributed by atoms with Gasteiger partial charge in [-0.1, -0.05) is 15.9 Å². The van der Waals surface area contributed by atoms with Crippen LogP contribution in [0.2, 0.25) is 0 Å². The van der Waals surface area contributed by atoms with Crippen molar-refractivity contribution in [2.24, 2.45) is 0 Å². The lowest BCUT2D eigenvalue weighted by Gasteiger charge is -1.99. The van der Waals surface area contributed by atoms with E-state index in [0.717, 1.165) is 4.68 Å². The molecule has 1 aromatic heterocycles. The molecule has 8 nitrogen and oxygen atoms in total. The molecule has 0 aliphatic heterocycles. The Labute approximate surface area is 108 Å². The Morgan fingerprint density at radius 1 is 1.17 bits per heavy atom. The summed E-state index contributed by atoms with van der Waals surface area (Å²) in [5, 5.41) is 25.1. The summed E-state index contributed by atoms with van der Waals surface area (Å²) in [4.78, 5) is 20.2. The first-order valence-electron chi connectivity index (χ1n) is 4.63. The molecule has 0 aliphatic rings. The first-order chi connectivity index (χ1) is 8.49. The van der Waals surface area contributed by atoms with Gasteiger partial charge in [-0.25, -0.2) is 0 Å². The number of nitro groups is 2. The standard InChI is InChI=1S/C9H5BrN4O4/c10-6-1-2-7(8(5-6)13(15)16)12-4-3-9(11-12)14(17)18/h1-5H. The van der Waals surface area contributed by atoms with Gasteiger partial charge in [-0.05, 0) is 17.1 Å². The Morgan fingerprint density at radius 2 is 1.89 bits per heavy atom. The molecule has 2 aromatic rings. The van der Waals surface area contributed by atoms with Crippen molar-refractivity contribution in [3.63, 3.8) is 0 Å². The summed E-state index contributed by atoms with van der Waals surface area (Å²) in [6, 6.07) is 5.53. The summed E-state index contributed by atoms with van der Waals surface area (Å²) < 4.78 is 1.64. The van der Waals surface area contributed by atoms with Gasteiger partial charge in [-0.3, -0.25) is 10.1 Å². The van der Waals surface area contributed by atoms with Crippen LogP contribution in [-0.2, 0) is 0 Å². The Bertz CT molecular complexity index is 639. The SMILES string of the molecule is O=[N+]([O-])c1ccn(-c2ccc(Br)cc2[N+](=O)[O-])n1. The van der Waals surface area contributed by atoms with Gasteiger partial charge in [0, 0.05) is 10.5 Å². The summed E-state index contributed by atoms with van der Waals surface area (Å²) >= 11 is 3.12. The first-order valence-corrected chi connectivity index (χ1v) is 5.42. The molecule has 0 amide bonds. The van der Waals surface area contributed by atoms with E-state index in [9.17, 15) is 20.2 Å². The minimum atomic E-state index is -0.665. The van der Waals surface area contributed by atoms with Crippen LogP contribution in [0.1, 0.15) is 0 Å². The number of nitrogens with zero attached hydrogens (tertiary/aromatic N) is 4. The van der Waals surface area contributed by atoms with Crippen LogP contribution in [0.4, 0.5) is 11.5 Å². The highest BCUT2D eigenvalue weighted by Gasteiger charge is 2.20. The van der Waals surface area contributed by atoms with Crippen molar-refractivity contribution >= 4 is 27.4 Å². The zero-order valence-corrected chi connectivity index (χ0v) is 10.3. The summed E-state index contributed by atoms with van der Waals surface area (Å²) in [5.41, 5.74) is -0.0290. The van der Waals surface area contributed by atoms with E-state index in [1.54, 1.807) is 6.07 Å². The minimum absolute atomic E-state index is 0.163. The number of hydrogen-bond donors (Lipinski definition) is 0. The van der Waals surface area contributed by atoms with E-state index < -0.39 is 9.85 Å². The third-order valence-electron chi connectivity index (χ3n) is 2.14. The molecule has 0 bridgehead atoms. The van der Waals surface area contributed by atoms with Crippen molar-refractivity contribution in [2.45, 2.75) is 0 Å². The van der Waals surface area contributed by atoms with E-state index in [0.29, 0.717) is 4.47 Å². The van der Waals surface area contributed by atoms with Crippen molar-refractivity contribution in [3.05, 3.63) is 55.2 Å². The smallest absolute Gasteiger partial charge is 0.358 e. The molecule has 0 unspecified atom stereocenters. The lowest BCUT2D eigenvalue weighted by molar-refractivity contribution is -0.389. The van der Waals surface area contributed by atoms with Crippen LogP contribution in [0.15, 0.2) is 34.9 Å². The van der Waals surface area contributed by atoms with Crippen molar-refractivity contribution in [3.8, 4) is 5.69 Å². The van der Waals surface area contributed by atoms with Crippen LogP contribution in [0.3, 0.4) is 0 Å². The van der Waals surface area contributed by atoms with Gasteiger partial charge in [0.15, 0.2) is 5.69 Å². The number of hydrogen-bond acceptors (Lipinski definition) is 5. The van der Waals surface area contributed by atoms with E-state index in [2.05, 4.69) is 21.0 Å². The van der Waals surface area contributed by atoms with Crippen molar-refractivity contribution in [1.29, 1.82) is 0 Å². The van der Waals surface area contributed by atoms with E-state index in [1.165, 1.54) is 24.4 Å². The molecular weight excluding hydrogens is 308 g/mol. The average molecular weight is 313 g/mol. The third kappa shape index (κ3) is 2.20. The van der Waals surface area contributed by atoms with Crippen LogP contribution < -0.4 is 0 Å². The fourth-order valence-electron chi connectivity index (χ4n) is 1.38. The second kappa shape index (κ2) is 4.53. The number of aromatic nitrogens is 2. The molecule has 9 heteroatoms. The molecule has 0 spiro atoms. The molecular formula is C9H5BrN4O4. The quantitative estimate of drug-likeness (QED) is 0.639. The normalized spacial score (nSPS) is 10.3. The van der Waals surface area contributed by atoms with Crippen molar-refractivity contribution in [1.82, 2.24) is 9.78 Å². The number of rotatable bonds is 3. The Kier molecular flexibility index (Phi) is 3.06. The Balaban J connectivity index is 2.55. The van der Waals surface area contributed by atoms with Gasteiger partial charge in [0.25, 0.3) is 5.69 Å². The molecule has 1 aromatic carbocycles. The highest BCUT2D eigenvalue weighted by atomic mass is 79.9. The first kappa shape index (κ1) is 12.2. The zero-order valence-electron chi connectivity index (χ0n) is 8.69. The van der Waals surface area contributed by atoms with Gasteiger partial charge in [0.2, 0.25) is 0 Å². The molecule has 0 saturated heterocycles. The minimum Gasteiger partial charge on any atom is -0.358 e. The molecule has 0 fully saturated rings. The van der Waals surface area contributed by atoms with E-state index in [1.807, 2.05) is 0 Å². The molecule has 0 N–H and O–H groups in total. The van der Waals surface area contributed by atoms with Crippen LogP contribution >= 0.6 is 15.9 Å².